The summed E-state index contributed by atoms with van der Waals surface area (Å²) >= 11 is 0. The number of hydrogen-bond donors (Lipinski definition) is 0. The van der Waals surface area contributed by atoms with Crippen LogP contribution in [0.4, 0.5) is 5.69 Å². The Labute approximate surface area is 134 Å². The van der Waals surface area contributed by atoms with E-state index in [4.69, 9.17) is 0 Å². The summed E-state index contributed by atoms with van der Waals surface area (Å²) in [5, 5.41) is 0.639. The van der Waals surface area contributed by atoms with Crippen LogP contribution in [0.3, 0.4) is 0 Å². The van der Waals surface area contributed by atoms with Gasteiger partial charge in [0, 0.05) is 31.5 Å². The molecule has 3 aromatic rings. The first-order chi connectivity index (χ1) is 11.3. The number of hydrogen-bond acceptors (Lipinski definition) is 4. The molecule has 0 spiro atoms. The number of aromatic nitrogens is 3. The zero-order chi connectivity index (χ0) is 15.6. The summed E-state index contributed by atoms with van der Waals surface area (Å²) in [6.07, 6.45) is 6.02. The van der Waals surface area contributed by atoms with Gasteiger partial charge in [-0.3, -0.25) is 14.3 Å². The molecule has 0 bridgehead atoms. The lowest BCUT2D eigenvalue weighted by Crippen LogP contribution is -2.26. The van der Waals surface area contributed by atoms with Gasteiger partial charge in [-0.05, 0) is 30.5 Å². The first-order valence-electron chi connectivity index (χ1n) is 7.90. The highest BCUT2D eigenvalue weighted by Gasteiger charge is 2.23. The second kappa shape index (κ2) is 5.83. The number of para-hydroxylation sites is 1. The third-order valence-corrected chi connectivity index (χ3v) is 4.49. The van der Waals surface area contributed by atoms with Gasteiger partial charge < -0.3 is 4.90 Å². The molecule has 1 saturated heterocycles. The van der Waals surface area contributed by atoms with E-state index in [0.29, 0.717) is 23.4 Å². The quantitative estimate of drug-likeness (QED) is 0.745. The Kier molecular flexibility index (Phi) is 3.54. The molecule has 0 N–H and O–H groups in total. The molecule has 0 amide bonds. The maximum Gasteiger partial charge on any atom is 0.261 e. The Morgan fingerprint density at radius 3 is 2.91 bits per heavy atom. The van der Waals surface area contributed by atoms with Gasteiger partial charge in [-0.15, -0.1) is 0 Å². The van der Waals surface area contributed by atoms with E-state index in [2.05, 4.69) is 39.1 Å². The van der Waals surface area contributed by atoms with Gasteiger partial charge in [-0.2, -0.15) is 0 Å². The number of rotatable bonds is 3. The molecule has 5 heteroatoms. The van der Waals surface area contributed by atoms with Gasteiger partial charge in [0.1, 0.15) is 0 Å². The molecule has 5 nitrogen and oxygen atoms in total. The summed E-state index contributed by atoms with van der Waals surface area (Å²) in [5.41, 5.74) is 1.94. The fourth-order valence-corrected chi connectivity index (χ4v) is 3.27. The van der Waals surface area contributed by atoms with Gasteiger partial charge >= 0.3 is 0 Å². The SMILES string of the molecule is O=c1c2ccncc2ncn1CC1CCN(c2ccccc2)C1. The van der Waals surface area contributed by atoms with Crippen LogP contribution in [-0.2, 0) is 6.54 Å². The van der Waals surface area contributed by atoms with Crippen LogP contribution in [0.2, 0.25) is 0 Å². The first kappa shape index (κ1) is 13.9. The second-order valence-corrected chi connectivity index (χ2v) is 6.03. The van der Waals surface area contributed by atoms with Crippen molar-refractivity contribution in [3.8, 4) is 0 Å². The molecule has 3 heterocycles. The highest BCUT2D eigenvalue weighted by Crippen LogP contribution is 2.24. The van der Waals surface area contributed by atoms with E-state index in [9.17, 15) is 4.79 Å². The second-order valence-electron chi connectivity index (χ2n) is 6.03. The third-order valence-electron chi connectivity index (χ3n) is 4.49. The number of anilines is 1. The standard InChI is InChI=1S/C18H18N4O/c23-18-16-6-8-19-10-17(16)20-13-22(18)12-14-7-9-21(11-14)15-4-2-1-3-5-15/h1-6,8,10,13-14H,7,9,11-12H2. The Morgan fingerprint density at radius 2 is 2.04 bits per heavy atom. The van der Waals surface area contributed by atoms with Crippen LogP contribution in [0.25, 0.3) is 10.9 Å². The van der Waals surface area contributed by atoms with Crippen molar-refractivity contribution < 1.29 is 0 Å². The zero-order valence-electron chi connectivity index (χ0n) is 12.8. The maximum atomic E-state index is 12.5. The minimum atomic E-state index is 0.0237. The maximum absolute atomic E-state index is 12.5. The average molecular weight is 306 g/mol. The van der Waals surface area contributed by atoms with Crippen LogP contribution >= 0.6 is 0 Å². The van der Waals surface area contributed by atoms with Crippen molar-refractivity contribution >= 4 is 16.6 Å². The van der Waals surface area contributed by atoms with E-state index in [-0.39, 0.29) is 5.56 Å². The minimum absolute atomic E-state index is 0.0237. The normalized spacial score (nSPS) is 17.7. The summed E-state index contributed by atoms with van der Waals surface area (Å²) in [4.78, 5) is 23.3. The van der Waals surface area contributed by atoms with Crippen LogP contribution in [0, 0.1) is 5.92 Å². The lowest BCUT2D eigenvalue weighted by molar-refractivity contribution is 0.474. The van der Waals surface area contributed by atoms with E-state index < -0.39 is 0 Å². The molecule has 1 atom stereocenters. The molecule has 0 radical (unpaired) electrons. The lowest BCUT2D eigenvalue weighted by Gasteiger charge is -2.18. The molecule has 1 aliphatic rings. The number of nitrogens with zero attached hydrogens (tertiary/aromatic N) is 4. The van der Waals surface area contributed by atoms with E-state index in [0.717, 1.165) is 19.5 Å². The van der Waals surface area contributed by atoms with Crippen LogP contribution in [0.15, 0.2) is 59.9 Å². The molecule has 0 saturated carbocycles. The van der Waals surface area contributed by atoms with E-state index in [1.165, 1.54) is 5.69 Å². The van der Waals surface area contributed by atoms with Gasteiger partial charge in [-0.25, -0.2) is 4.98 Å². The van der Waals surface area contributed by atoms with Gasteiger partial charge in [0.15, 0.2) is 0 Å². The summed E-state index contributed by atoms with van der Waals surface area (Å²) in [7, 11) is 0. The van der Waals surface area contributed by atoms with Crippen molar-refractivity contribution in [2.24, 2.45) is 5.92 Å². The molecule has 2 aromatic heterocycles. The highest BCUT2D eigenvalue weighted by atomic mass is 16.1. The van der Waals surface area contributed by atoms with Crippen molar-refractivity contribution in [3.63, 3.8) is 0 Å². The smallest absolute Gasteiger partial charge is 0.261 e. The number of fused-ring (bicyclic) bond motifs is 1. The zero-order valence-corrected chi connectivity index (χ0v) is 12.8. The molecule has 1 fully saturated rings. The Morgan fingerprint density at radius 1 is 1.17 bits per heavy atom. The molecule has 1 aromatic carbocycles. The fraction of sp³-hybridized carbons (Fsp3) is 0.278. The summed E-state index contributed by atoms with van der Waals surface area (Å²) in [6, 6.07) is 12.2. The molecular formula is C18H18N4O. The Bertz CT molecular complexity index is 875. The fourth-order valence-electron chi connectivity index (χ4n) is 3.27. The monoisotopic (exact) mass is 306 g/mol. The van der Waals surface area contributed by atoms with E-state index >= 15 is 0 Å². The van der Waals surface area contributed by atoms with Crippen LogP contribution in [0.1, 0.15) is 6.42 Å². The third kappa shape index (κ3) is 2.70. The van der Waals surface area contributed by atoms with Crippen LogP contribution in [-0.4, -0.2) is 27.6 Å². The van der Waals surface area contributed by atoms with Crippen LogP contribution < -0.4 is 10.5 Å². The van der Waals surface area contributed by atoms with Gasteiger partial charge in [0.05, 0.1) is 23.4 Å². The molecule has 0 aliphatic carbocycles. The van der Waals surface area contributed by atoms with Crippen molar-refractivity contribution in [3.05, 3.63) is 65.5 Å². The summed E-state index contributed by atoms with van der Waals surface area (Å²) in [5.74, 6) is 0.467. The number of pyridine rings is 1. The molecular weight excluding hydrogens is 288 g/mol. The Balaban J connectivity index is 1.53. The first-order valence-corrected chi connectivity index (χ1v) is 7.90. The largest absolute Gasteiger partial charge is 0.371 e. The van der Waals surface area contributed by atoms with E-state index in [1.807, 2.05) is 6.07 Å². The van der Waals surface area contributed by atoms with Crippen molar-refractivity contribution in [1.82, 2.24) is 14.5 Å². The molecule has 1 aliphatic heterocycles. The van der Waals surface area contributed by atoms with Gasteiger partial charge in [0.25, 0.3) is 5.56 Å². The minimum Gasteiger partial charge on any atom is -0.371 e. The lowest BCUT2D eigenvalue weighted by atomic mass is 10.1. The Hall–Kier alpha value is -2.69. The molecule has 116 valence electrons. The van der Waals surface area contributed by atoms with Gasteiger partial charge in [0.2, 0.25) is 0 Å². The topological polar surface area (TPSA) is 51.0 Å². The van der Waals surface area contributed by atoms with Crippen molar-refractivity contribution in [2.45, 2.75) is 13.0 Å². The summed E-state index contributed by atoms with van der Waals surface area (Å²) < 4.78 is 1.74. The molecule has 4 rings (SSSR count). The molecule has 23 heavy (non-hydrogen) atoms. The number of benzene rings is 1. The van der Waals surface area contributed by atoms with E-state index in [1.54, 1.807) is 29.4 Å². The van der Waals surface area contributed by atoms with Crippen LogP contribution in [0.5, 0.6) is 0 Å². The molecule has 1 unspecified atom stereocenters. The predicted octanol–water partition coefficient (Wildman–Crippen LogP) is 2.32. The van der Waals surface area contributed by atoms with Crippen molar-refractivity contribution in [1.29, 1.82) is 0 Å². The van der Waals surface area contributed by atoms with Crippen molar-refractivity contribution in [2.75, 3.05) is 18.0 Å². The predicted molar refractivity (Wildman–Crippen MR) is 90.6 cm³/mol. The average Bonchev–Trinajstić information content (AvgIpc) is 3.07. The van der Waals surface area contributed by atoms with Gasteiger partial charge in [-0.1, -0.05) is 18.2 Å². The summed E-state index contributed by atoms with van der Waals surface area (Å²) in [6.45, 7) is 2.73. The highest BCUT2D eigenvalue weighted by molar-refractivity contribution is 5.75.